The molecule has 0 bridgehead atoms. The van der Waals surface area contributed by atoms with Crippen molar-refractivity contribution < 1.29 is 0 Å². The van der Waals surface area contributed by atoms with Crippen LogP contribution in [0.15, 0.2) is 83.7 Å². The molecule has 0 aliphatic carbocycles. The molecule has 5 aromatic carbocycles. The van der Waals surface area contributed by atoms with E-state index >= 15 is 0 Å². The highest BCUT2D eigenvalue weighted by Gasteiger charge is 2.22. The molecule has 0 saturated carbocycles. The van der Waals surface area contributed by atoms with Crippen molar-refractivity contribution in [3.63, 3.8) is 0 Å². The molecular weight excluding hydrogens is 354 g/mol. The average molecular weight is 367 g/mol. The second kappa shape index (κ2) is 4.39. The molecule has 2 heteroatoms. The highest BCUT2D eigenvalue weighted by Crippen LogP contribution is 2.43. The lowest BCUT2D eigenvalue weighted by molar-refractivity contribution is 1.34. The molecular formula is C27H13NO. The van der Waals surface area contributed by atoms with Gasteiger partial charge >= 0.3 is 0 Å². The first-order valence-electron chi connectivity index (χ1n) is 9.93. The maximum atomic E-state index is 13.6. The van der Waals surface area contributed by atoms with Crippen LogP contribution in [0.2, 0.25) is 0 Å². The van der Waals surface area contributed by atoms with E-state index in [0.717, 1.165) is 21.8 Å². The van der Waals surface area contributed by atoms with Crippen molar-refractivity contribution in [3.05, 3.63) is 89.1 Å². The van der Waals surface area contributed by atoms with E-state index in [1.165, 1.54) is 48.6 Å². The second-order valence-corrected chi connectivity index (χ2v) is 8.10. The number of benzene rings is 5. The zero-order chi connectivity index (χ0) is 18.9. The Bertz CT molecular complexity index is 1840. The number of hydrogen-bond acceptors (Lipinski definition) is 1. The van der Waals surface area contributed by atoms with Crippen molar-refractivity contribution in [2.45, 2.75) is 0 Å². The summed E-state index contributed by atoms with van der Waals surface area (Å²) in [6.07, 6.45) is 0. The maximum absolute atomic E-state index is 13.6. The predicted molar refractivity (Wildman–Crippen MR) is 122 cm³/mol. The highest BCUT2D eigenvalue weighted by molar-refractivity contribution is 6.33. The summed E-state index contributed by atoms with van der Waals surface area (Å²) in [5, 5.41) is 11.3. The molecule has 0 aliphatic rings. The van der Waals surface area contributed by atoms with Gasteiger partial charge in [0.2, 0.25) is 0 Å². The Morgan fingerprint density at radius 3 is 1.48 bits per heavy atom. The standard InChI is InChI=1S/C27H13NO/c29-27-20-12-10-14-4-1-6-16-18-8-3-9-19-17-7-2-5-15-11-13-21(27)26(23(15)17)28(24(18)19)25(20)22(14)16/h1-13H. The molecule has 0 unspecified atom stereocenters. The second-order valence-electron chi connectivity index (χ2n) is 8.10. The molecule has 0 fully saturated rings. The minimum Gasteiger partial charge on any atom is -0.306 e. The lowest BCUT2D eigenvalue weighted by Crippen LogP contribution is -2.11. The van der Waals surface area contributed by atoms with E-state index in [1.54, 1.807) is 0 Å². The SMILES string of the molecule is O=c1c2ccc3cccc4c5cccc6c7cccc8ccc1c(c87)n(c56)c2c34. The Labute approximate surface area is 164 Å². The molecule has 8 rings (SSSR count). The average Bonchev–Trinajstić information content (AvgIpc) is 2.78. The van der Waals surface area contributed by atoms with Gasteiger partial charge in [0.25, 0.3) is 0 Å². The first kappa shape index (κ1) is 14.1. The van der Waals surface area contributed by atoms with Crippen LogP contribution in [0, 0.1) is 0 Å². The number of hydrogen-bond donors (Lipinski definition) is 0. The van der Waals surface area contributed by atoms with Crippen LogP contribution in [0.25, 0.3) is 70.4 Å². The minimum atomic E-state index is 0.127. The van der Waals surface area contributed by atoms with Gasteiger partial charge in [0.05, 0.1) is 16.6 Å². The Morgan fingerprint density at radius 1 is 0.448 bits per heavy atom. The van der Waals surface area contributed by atoms with E-state index in [4.69, 9.17) is 0 Å². The fraction of sp³-hybridized carbons (Fsp3) is 0. The minimum absolute atomic E-state index is 0.127. The molecule has 0 amide bonds. The first-order valence-corrected chi connectivity index (χ1v) is 9.93. The van der Waals surface area contributed by atoms with Crippen LogP contribution in [0.1, 0.15) is 0 Å². The summed E-state index contributed by atoms with van der Waals surface area (Å²) in [4.78, 5) is 13.6. The van der Waals surface area contributed by atoms with Crippen LogP contribution >= 0.6 is 0 Å². The largest absolute Gasteiger partial charge is 0.306 e. The van der Waals surface area contributed by atoms with Gasteiger partial charge < -0.3 is 4.40 Å². The van der Waals surface area contributed by atoms with E-state index in [1.807, 2.05) is 12.1 Å². The van der Waals surface area contributed by atoms with E-state index in [-0.39, 0.29) is 5.43 Å². The van der Waals surface area contributed by atoms with Crippen LogP contribution in [-0.4, -0.2) is 4.40 Å². The molecule has 0 saturated heterocycles. The van der Waals surface area contributed by atoms with Gasteiger partial charge in [-0.2, -0.15) is 0 Å². The lowest BCUT2D eigenvalue weighted by atomic mass is 9.91. The summed E-state index contributed by atoms with van der Waals surface area (Å²) >= 11 is 0. The molecule has 3 aromatic heterocycles. The molecule has 0 N–H and O–H groups in total. The van der Waals surface area contributed by atoms with Gasteiger partial charge in [0.1, 0.15) is 0 Å². The number of nitrogens with zero attached hydrogens (tertiary/aromatic N) is 1. The van der Waals surface area contributed by atoms with Crippen molar-refractivity contribution in [1.29, 1.82) is 0 Å². The monoisotopic (exact) mass is 367 g/mol. The Kier molecular flexibility index (Phi) is 2.14. The number of pyridine rings is 3. The Balaban J connectivity index is 1.99. The molecule has 0 radical (unpaired) electrons. The van der Waals surface area contributed by atoms with Crippen LogP contribution < -0.4 is 5.43 Å². The van der Waals surface area contributed by atoms with Crippen LogP contribution in [-0.2, 0) is 0 Å². The van der Waals surface area contributed by atoms with Gasteiger partial charge in [-0.05, 0) is 33.7 Å². The molecule has 0 atom stereocenters. The summed E-state index contributed by atoms with van der Waals surface area (Å²) in [6, 6.07) is 27.7. The van der Waals surface area contributed by atoms with Crippen molar-refractivity contribution >= 4 is 70.4 Å². The van der Waals surface area contributed by atoms with E-state index in [2.05, 4.69) is 71.1 Å². The number of rotatable bonds is 0. The topological polar surface area (TPSA) is 21.5 Å². The van der Waals surface area contributed by atoms with Gasteiger partial charge in [0, 0.05) is 32.3 Å². The summed E-state index contributed by atoms with van der Waals surface area (Å²) < 4.78 is 2.38. The zero-order valence-corrected chi connectivity index (χ0v) is 15.4. The highest BCUT2D eigenvalue weighted by atomic mass is 16.1. The summed E-state index contributed by atoms with van der Waals surface area (Å²) in [5.41, 5.74) is 3.44. The van der Waals surface area contributed by atoms with Gasteiger partial charge in [-0.3, -0.25) is 4.79 Å². The van der Waals surface area contributed by atoms with Crippen molar-refractivity contribution in [1.82, 2.24) is 4.40 Å². The van der Waals surface area contributed by atoms with Crippen molar-refractivity contribution in [3.8, 4) is 0 Å². The van der Waals surface area contributed by atoms with Gasteiger partial charge in [-0.25, -0.2) is 0 Å². The third kappa shape index (κ3) is 1.39. The fourth-order valence-electron chi connectivity index (χ4n) is 5.70. The van der Waals surface area contributed by atoms with Crippen molar-refractivity contribution in [2.75, 3.05) is 0 Å². The molecule has 2 nitrogen and oxygen atoms in total. The van der Waals surface area contributed by atoms with Crippen LogP contribution in [0.3, 0.4) is 0 Å². The Morgan fingerprint density at radius 2 is 0.931 bits per heavy atom. The van der Waals surface area contributed by atoms with Gasteiger partial charge in [-0.15, -0.1) is 0 Å². The number of aromatic nitrogens is 1. The quantitative estimate of drug-likeness (QED) is 0.220. The summed E-state index contributed by atoms with van der Waals surface area (Å²) in [6.45, 7) is 0. The number of fused-ring (bicyclic) bond motifs is 2. The van der Waals surface area contributed by atoms with Crippen LogP contribution in [0.5, 0.6) is 0 Å². The van der Waals surface area contributed by atoms with Gasteiger partial charge in [0.15, 0.2) is 5.43 Å². The molecule has 132 valence electrons. The van der Waals surface area contributed by atoms with E-state index in [0.29, 0.717) is 0 Å². The third-order valence-corrected chi connectivity index (χ3v) is 6.81. The normalized spacial score (nSPS) is 13.0. The third-order valence-electron chi connectivity index (χ3n) is 6.81. The molecule has 29 heavy (non-hydrogen) atoms. The maximum Gasteiger partial charge on any atom is 0.197 e. The molecule has 0 spiro atoms. The number of para-hydroxylation sites is 1. The van der Waals surface area contributed by atoms with E-state index in [9.17, 15) is 4.79 Å². The zero-order valence-electron chi connectivity index (χ0n) is 15.4. The molecule has 0 aliphatic heterocycles. The summed E-state index contributed by atoms with van der Waals surface area (Å²) in [7, 11) is 0. The van der Waals surface area contributed by atoms with Crippen molar-refractivity contribution in [2.24, 2.45) is 0 Å². The molecule has 8 aromatic rings. The van der Waals surface area contributed by atoms with Gasteiger partial charge in [-0.1, -0.05) is 66.7 Å². The summed E-state index contributed by atoms with van der Waals surface area (Å²) in [5.74, 6) is 0. The first-order chi connectivity index (χ1) is 14.3. The lowest BCUT2D eigenvalue weighted by Gasteiger charge is -2.22. The van der Waals surface area contributed by atoms with E-state index < -0.39 is 0 Å². The van der Waals surface area contributed by atoms with Crippen LogP contribution in [0.4, 0.5) is 0 Å². The fourth-order valence-corrected chi connectivity index (χ4v) is 5.70. The predicted octanol–water partition coefficient (Wildman–Crippen LogP) is 6.53. The smallest absolute Gasteiger partial charge is 0.197 e. The Hall–Kier alpha value is -3.91. The molecule has 3 heterocycles.